The van der Waals surface area contributed by atoms with Crippen molar-refractivity contribution in [2.24, 2.45) is 0 Å². The zero-order valence-corrected chi connectivity index (χ0v) is 7.35. The van der Waals surface area contributed by atoms with Gasteiger partial charge in [0.1, 0.15) is 0 Å². The van der Waals surface area contributed by atoms with Crippen LogP contribution in [0.15, 0.2) is 55.2 Å². The fourth-order valence-corrected chi connectivity index (χ4v) is 1.41. The lowest BCUT2D eigenvalue weighted by Crippen LogP contribution is -1.86. The number of nitrogens with zero attached hydrogens (tertiary/aromatic N) is 1. The van der Waals surface area contributed by atoms with Crippen LogP contribution in [-0.2, 0) is 0 Å². The highest BCUT2D eigenvalue weighted by Gasteiger charge is 1.99. The summed E-state index contributed by atoms with van der Waals surface area (Å²) >= 11 is 0. The maximum atomic E-state index is 3.75. The summed E-state index contributed by atoms with van der Waals surface area (Å²) in [6.45, 7) is 3.75. The Kier molecular flexibility index (Phi) is 2.01. The van der Waals surface area contributed by atoms with E-state index < -0.39 is 0 Å². The van der Waals surface area contributed by atoms with E-state index in [0.717, 1.165) is 0 Å². The third-order valence-electron chi connectivity index (χ3n) is 2.05. The van der Waals surface area contributed by atoms with Crippen LogP contribution in [0.5, 0.6) is 0 Å². The van der Waals surface area contributed by atoms with Crippen LogP contribution in [0, 0.1) is 0 Å². The van der Waals surface area contributed by atoms with Gasteiger partial charge in [-0.2, -0.15) is 0 Å². The van der Waals surface area contributed by atoms with Crippen molar-refractivity contribution in [2.45, 2.75) is 0 Å². The van der Waals surface area contributed by atoms with E-state index >= 15 is 0 Å². The van der Waals surface area contributed by atoms with Crippen LogP contribution >= 0.6 is 0 Å². The first-order chi connectivity index (χ1) is 6.42. The average molecular weight is 169 g/mol. The average Bonchev–Trinajstić information content (AvgIpc) is 2.67. The molecule has 0 aliphatic heterocycles. The van der Waals surface area contributed by atoms with Crippen molar-refractivity contribution < 1.29 is 0 Å². The van der Waals surface area contributed by atoms with Crippen LogP contribution in [0.3, 0.4) is 0 Å². The second-order valence-electron chi connectivity index (χ2n) is 2.85. The predicted molar refractivity (Wildman–Crippen MR) is 56.3 cm³/mol. The summed E-state index contributed by atoms with van der Waals surface area (Å²) in [4.78, 5) is 0. The second-order valence-corrected chi connectivity index (χ2v) is 2.85. The van der Waals surface area contributed by atoms with E-state index in [-0.39, 0.29) is 0 Å². The van der Waals surface area contributed by atoms with E-state index in [2.05, 4.69) is 24.8 Å². The number of benzene rings is 1. The lowest BCUT2D eigenvalue weighted by atomic mass is 10.1. The third kappa shape index (κ3) is 1.41. The highest BCUT2D eigenvalue weighted by Crippen LogP contribution is 2.19. The summed E-state index contributed by atoms with van der Waals surface area (Å²) in [5.41, 5.74) is 2.39. The Morgan fingerprint density at radius 2 is 1.77 bits per heavy atom. The van der Waals surface area contributed by atoms with Gasteiger partial charge in [-0.05, 0) is 17.7 Å². The molecule has 1 nitrogen and oxygen atoms in total. The molecular weight excluding hydrogens is 158 g/mol. The monoisotopic (exact) mass is 169 g/mol. The zero-order valence-electron chi connectivity index (χ0n) is 7.35. The third-order valence-corrected chi connectivity index (χ3v) is 2.05. The van der Waals surface area contributed by atoms with Crippen molar-refractivity contribution in [1.82, 2.24) is 4.57 Å². The molecule has 2 aromatic rings. The smallest absolute Gasteiger partial charge is 0.0522 e. The van der Waals surface area contributed by atoms with Gasteiger partial charge in [0, 0.05) is 12.4 Å². The zero-order chi connectivity index (χ0) is 9.10. The van der Waals surface area contributed by atoms with Crippen molar-refractivity contribution in [3.05, 3.63) is 55.2 Å². The Morgan fingerprint density at radius 1 is 1.00 bits per heavy atom. The minimum absolute atomic E-state index is 1.18. The molecule has 0 amide bonds. The summed E-state index contributed by atoms with van der Waals surface area (Å²) < 4.78 is 2.01. The lowest BCUT2D eigenvalue weighted by Gasteiger charge is -2.02. The molecule has 0 atom stereocenters. The van der Waals surface area contributed by atoms with E-state index in [1.165, 1.54) is 11.3 Å². The molecule has 0 spiro atoms. The molecule has 0 radical (unpaired) electrons. The molecule has 0 fully saturated rings. The Balaban J connectivity index is 2.52. The molecule has 2 rings (SSSR count). The van der Waals surface area contributed by atoms with Crippen molar-refractivity contribution in [3.8, 4) is 11.3 Å². The quantitative estimate of drug-likeness (QED) is 0.650. The van der Waals surface area contributed by atoms with Crippen LogP contribution in [0.2, 0.25) is 0 Å². The van der Waals surface area contributed by atoms with Gasteiger partial charge < -0.3 is 4.57 Å². The fraction of sp³-hybridized carbons (Fsp3) is 0. The van der Waals surface area contributed by atoms with Gasteiger partial charge in [-0.25, -0.2) is 0 Å². The first kappa shape index (κ1) is 7.87. The maximum absolute atomic E-state index is 3.75. The van der Waals surface area contributed by atoms with E-state index in [4.69, 9.17) is 0 Å². The van der Waals surface area contributed by atoms with Crippen LogP contribution in [0.1, 0.15) is 0 Å². The first-order valence-electron chi connectivity index (χ1n) is 4.26. The molecule has 1 heteroatoms. The molecule has 0 aliphatic rings. The van der Waals surface area contributed by atoms with Gasteiger partial charge in [0.25, 0.3) is 0 Å². The van der Waals surface area contributed by atoms with E-state index in [1.807, 2.05) is 41.2 Å². The first-order valence-corrected chi connectivity index (χ1v) is 4.26. The van der Waals surface area contributed by atoms with Gasteiger partial charge in [-0.15, -0.1) is 0 Å². The molecule has 0 saturated carbocycles. The SMILES string of the molecule is C=Cn1cccc1-c1ccccc1. The molecule has 64 valence electrons. The van der Waals surface area contributed by atoms with Crippen LogP contribution < -0.4 is 0 Å². The topological polar surface area (TPSA) is 4.93 Å². The van der Waals surface area contributed by atoms with Crippen LogP contribution in [-0.4, -0.2) is 4.57 Å². The summed E-state index contributed by atoms with van der Waals surface area (Å²) in [5.74, 6) is 0. The van der Waals surface area contributed by atoms with Gasteiger partial charge >= 0.3 is 0 Å². The molecule has 1 heterocycles. The molecule has 0 saturated heterocycles. The van der Waals surface area contributed by atoms with Gasteiger partial charge in [0.05, 0.1) is 5.69 Å². The minimum atomic E-state index is 1.18. The Morgan fingerprint density at radius 3 is 2.46 bits per heavy atom. The fourth-order valence-electron chi connectivity index (χ4n) is 1.41. The predicted octanol–water partition coefficient (Wildman–Crippen LogP) is 3.26. The number of hydrogen-bond acceptors (Lipinski definition) is 0. The van der Waals surface area contributed by atoms with Crippen LogP contribution in [0.4, 0.5) is 0 Å². The molecule has 0 N–H and O–H groups in total. The number of aromatic nitrogens is 1. The molecular formula is C12H11N. The molecule has 0 unspecified atom stereocenters. The van der Waals surface area contributed by atoms with Crippen molar-refractivity contribution in [1.29, 1.82) is 0 Å². The summed E-state index contributed by atoms with van der Waals surface area (Å²) in [6.07, 6.45) is 3.80. The second kappa shape index (κ2) is 3.31. The van der Waals surface area contributed by atoms with Crippen molar-refractivity contribution >= 4 is 6.20 Å². The van der Waals surface area contributed by atoms with Gasteiger partial charge in [0.2, 0.25) is 0 Å². The minimum Gasteiger partial charge on any atom is -0.324 e. The number of hydrogen-bond donors (Lipinski definition) is 0. The number of rotatable bonds is 2. The van der Waals surface area contributed by atoms with Crippen molar-refractivity contribution in [2.75, 3.05) is 0 Å². The Labute approximate surface area is 77.9 Å². The van der Waals surface area contributed by atoms with Gasteiger partial charge in [-0.3, -0.25) is 0 Å². The van der Waals surface area contributed by atoms with E-state index in [9.17, 15) is 0 Å². The highest BCUT2D eigenvalue weighted by molar-refractivity contribution is 5.62. The highest BCUT2D eigenvalue weighted by atomic mass is 14.9. The standard InChI is InChI=1S/C12H11N/c1-2-13-10-6-9-12(13)11-7-4-3-5-8-11/h2-10H,1H2. The normalized spacial score (nSPS) is 9.85. The molecule has 0 bridgehead atoms. The molecule has 1 aromatic carbocycles. The van der Waals surface area contributed by atoms with E-state index in [1.54, 1.807) is 0 Å². The Bertz CT molecular complexity index is 398. The lowest BCUT2D eigenvalue weighted by molar-refractivity contribution is 1.18. The summed E-state index contributed by atoms with van der Waals surface area (Å²) in [7, 11) is 0. The van der Waals surface area contributed by atoms with E-state index in [0.29, 0.717) is 0 Å². The summed E-state index contributed by atoms with van der Waals surface area (Å²) in [6, 6.07) is 14.4. The van der Waals surface area contributed by atoms with Crippen molar-refractivity contribution in [3.63, 3.8) is 0 Å². The summed E-state index contributed by atoms with van der Waals surface area (Å²) in [5, 5.41) is 0. The maximum Gasteiger partial charge on any atom is 0.0522 e. The Hall–Kier alpha value is -1.76. The largest absolute Gasteiger partial charge is 0.324 e. The van der Waals surface area contributed by atoms with Gasteiger partial charge in [0.15, 0.2) is 0 Å². The van der Waals surface area contributed by atoms with Gasteiger partial charge in [-0.1, -0.05) is 36.9 Å². The molecule has 0 aliphatic carbocycles. The molecule has 13 heavy (non-hydrogen) atoms. The van der Waals surface area contributed by atoms with Crippen LogP contribution in [0.25, 0.3) is 17.5 Å². The molecule has 1 aromatic heterocycles.